The fraction of sp³-hybridized carbons (Fsp3) is 0.312. The Morgan fingerprint density at radius 3 is 2.95 bits per heavy atom. The minimum absolute atomic E-state index is 0. The summed E-state index contributed by atoms with van der Waals surface area (Å²) in [6, 6.07) is 9.95. The number of benzene rings is 1. The lowest BCUT2D eigenvalue weighted by molar-refractivity contribution is 0.0946. The molecule has 0 bridgehead atoms. The van der Waals surface area contributed by atoms with Crippen LogP contribution in [-0.4, -0.2) is 25.5 Å². The smallest absolute Gasteiger partial charge is 0.261 e. The third-order valence-corrected chi connectivity index (χ3v) is 5.17. The molecule has 4 nitrogen and oxygen atoms in total. The molecule has 4 rings (SSSR count). The predicted octanol–water partition coefficient (Wildman–Crippen LogP) is 2.68. The van der Waals surface area contributed by atoms with Gasteiger partial charge < -0.3 is 15.4 Å². The van der Waals surface area contributed by atoms with Crippen LogP contribution < -0.4 is 15.4 Å². The van der Waals surface area contributed by atoms with Crippen molar-refractivity contribution in [3.8, 4) is 16.2 Å². The average Bonchev–Trinajstić information content (AvgIpc) is 2.90. The second kappa shape index (κ2) is 6.28. The third-order valence-electron chi connectivity index (χ3n) is 3.96. The number of hydrogen-bond acceptors (Lipinski definition) is 4. The molecule has 1 aromatic heterocycles. The van der Waals surface area contributed by atoms with Crippen LogP contribution in [0.25, 0.3) is 10.4 Å². The highest BCUT2D eigenvalue weighted by Gasteiger charge is 2.23. The molecule has 6 heteroatoms. The van der Waals surface area contributed by atoms with E-state index in [9.17, 15) is 4.79 Å². The average molecular weight is 337 g/mol. The molecule has 2 aromatic rings. The van der Waals surface area contributed by atoms with E-state index in [1.165, 1.54) is 0 Å². The van der Waals surface area contributed by atoms with Crippen molar-refractivity contribution in [2.45, 2.75) is 6.61 Å². The highest BCUT2D eigenvalue weighted by Crippen LogP contribution is 2.42. The van der Waals surface area contributed by atoms with Crippen molar-refractivity contribution >= 4 is 29.7 Å². The van der Waals surface area contributed by atoms with E-state index in [-0.39, 0.29) is 18.3 Å². The zero-order valence-corrected chi connectivity index (χ0v) is 13.6. The Labute approximate surface area is 139 Å². The number of hydrogen-bond donors (Lipinski definition) is 2. The monoisotopic (exact) mass is 336 g/mol. The minimum atomic E-state index is 0. The maximum absolute atomic E-state index is 12.3. The second-order valence-corrected chi connectivity index (χ2v) is 6.54. The molecule has 1 fully saturated rings. The van der Waals surface area contributed by atoms with Gasteiger partial charge in [0.25, 0.3) is 5.91 Å². The Kier molecular flexibility index (Phi) is 4.38. The Balaban J connectivity index is 0.00000144. The van der Waals surface area contributed by atoms with Crippen LogP contribution in [0, 0.1) is 5.92 Å². The molecule has 1 aromatic carbocycles. The molecule has 1 saturated heterocycles. The van der Waals surface area contributed by atoms with E-state index in [1.54, 1.807) is 11.3 Å². The Morgan fingerprint density at radius 1 is 1.36 bits per heavy atom. The van der Waals surface area contributed by atoms with Crippen molar-refractivity contribution in [2.24, 2.45) is 5.92 Å². The molecule has 0 radical (unpaired) electrons. The maximum atomic E-state index is 12.3. The summed E-state index contributed by atoms with van der Waals surface area (Å²) in [5.41, 5.74) is 2.19. The highest BCUT2D eigenvalue weighted by atomic mass is 35.5. The number of para-hydroxylation sites is 1. The number of amides is 1. The van der Waals surface area contributed by atoms with Crippen LogP contribution in [0.4, 0.5) is 0 Å². The SMILES string of the molecule is Cl.O=C(NCC1CNC1)c1cc2c(s1)-c1ccccc1OC2. The lowest BCUT2D eigenvalue weighted by Crippen LogP contribution is -2.48. The van der Waals surface area contributed by atoms with E-state index in [2.05, 4.69) is 10.6 Å². The van der Waals surface area contributed by atoms with E-state index < -0.39 is 0 Å². The highest BCUT2D eigenvalue weighted by molar-refractivity contribution is 7.17. The summed E-state index contributed by atoms with van der Waals surface area (Å²) in [6.07, 6.45) is 0. The Morgan fingerprint density at radius 2 is 2.18 bits per heavy atom. The van der Waals surface area contributed by atoms with Crippen LogP contribution in [0.2, 0.25) is 0 Å². The second-order valence-electron chi connectivity index (χ2n) is 5.48. The number of fused-ring (bicyclic) bond motifs is 3. The summed E-state index contributed by atoms with van der Waals surface area (Å²) < 4.78 is 5.73. The van der Waals surface area contributed by atoms with Gasteiger partial charge in [-0.25, -0.2) is 0 Å². The van der Waals surface area contributed by atoms with Crippen LogP contribution in [-0.2, 0) is 6.61 Å². The molecule has 3 heterocycles. The normalized spacial score (nSPS) is 15.6. The standard InChI is InChI=1S/C16H16N2O2S.ClH/c19-16(18-8-10-6-17-7-10)14-5-11-9-20-13-4-2-1-3-12(13)15(11)21-14;/h1-5,10,17H,6-9H2,(H,18,19);1H. The van der Waals surface area contributed by atoms with Crippen LogP contribution in [0.3, 0.4) is 0 Å². The lowest BCUT2D eigenvalue weighted by atomic mass is 10.0. The first kappa shape index (κ1) is 15.3. The number of nitrogens with one attached hydrogen (secondary N) is 2. The number of thiophene rings is 1. The summed E-state index contributed by atoms with van der Waals surface area (Å²) in [4.78, 5) is 14.2. The third kappa shape index (κ3) is 2.72. The van der Waals surface area contributed by atoms with Gasteiger partial charge in [-0.3, -0.25) is 4.79 Å². The zero-order valence-electron chi connectivity index (χ0n) is 11.9. The number of halogens is 1. The molecule has 2 aliphatic rings. The van der Waals surface area contributed by atoms with E-state index in [0.717, 1.165) is 46.3 Å². The number of carbonyl (C=O) groups is 1. The molecule has 0 atom stereocenters. The van der Waals surface area contributed by atoms with E-state index >= 15 is 0 Å². The maximum Gasteiger partial charge on any atom is 0.261 e. The van der Waals surface area contributed by atoms with Crippen molar-refractivity contribution in [3.05, 3.63) is 40.8 Å². The zero-order chi connectivity index (χ0) is 14.2. The fourth-order valence-corrected chi connectivity index (χ4v) is 3.74. The van der Waals surface area contributed by atoms with Crippen LogP contribution in [0.15, 0.2) is 30.3 Å². The van der Waals surface area contributed by atoms with Crippen molar-refractivity contribution in [2.75, 3.05) is 19.6 Å². The summed E-state index contributed by atoms with van der Waals surface area (Å²) in [5.74, 6) is 1.51. The first-order valence-corrected chi connectivity index (χ1v) is 7.97. The molecular weight excluding hydrogens is 320 g/mol. The summed E-state index contributed by atoms with van der Waals surface area (Å²) >= 11 is 1.56. The van der Waals surface area contributed by atoms with Gasteiger partial charge in [0.15, 0.2) is 0 Å². The molecule has 1 amide bonds. The van der Waals surface area contributed by atoms with Gasteiger partial charge in [-0.1, -0.05) is 12.1 Å². The van der Waals surface area contributed by atoms with Crippen LogP contribution >= 0.6 is 23.7 Å². The van der Waals surface area contributed by atoms with Crippen molar-refractivity contribution in [1.29, 1.82) is 0 Å². The lowest BCUT2D eigenvalue weighted by Gasteiger charge is -2.26. The molecule has 2 N–H and O–H groups in total. The molecule has 2 aliphatic heterocycles. The summed E-state index contributed by atoms with van der Waals surface area (Å²) in [7, 11) is 0. The summed E-state index contributed by atoms with van der Waals surface area (Å²) in [5, 5.41) is 6.23. The first-order chi connectivity index (χ1) is 10.3. The molecule has 0 saturated carbocycles. The van der Waals surface area contributed by atoms with Gasteiger partial charge >= 0.3 is 0 Å². The van der Waals surface area contributed by atoms with Gasteiger partial charge in [0.1, 0.15) is 12.4 Å². The van der Waals surface area contributed by atoms with Crippen molar-refractivity contribution in [1.82, 2.24) is 10.6 Å². The van der Waals surface area contributed by atoms with Gasteiger partial charge in [-0.15, -0.1) is 23.7 Å². The number of ether oxygens (including phenoxy) is 1. The molecule has 22 heavy (non-hydrogen) atoms. The molecular formula is C16H17ClN2O2S. The quantitative estimate of drug-likeness (QED) is 0.906. The van der Waals surface area contributed by atoms with Crippen molar-refractivity contribution in [3.63, 3.8) is 0 Å². The Hall–Kier alpha value is -1.56. The minimum Gasteiger partial charge on any atom is -0.488 e. The van der Waals surface area contributed by atoms with Gasteiger partial charge in [0.05, 0.1) is 4.88 Å². The van der Waals surface area contributed by atoms with E-state index in [4.69, 9.17) is 4.74 Å². The van der Waals surface area contributed by atoms with Gasteiger partial charge in [0.2, 0.25) is 0 Å². The molecule has 0 spiro atoms. The molecule has 0 unspecified atom stereocenters. The predicted molar refractivity (Wildman–Crippen MR) is 90.0 cm³/mol. The topological polar surface area (TPSA) is 50.4 Å². The number of rotatable bonds is 3. The fourth-order valence-electron chi connectivity index (χ4n) is 2.63. The number of carbonyl (C=O) groups excluding carboxylic acids is 1. The Bertz CT molecular complexity index is 697. The first-order valence-electron chi connectivity index (χ1n) is 7.15. The van der Waals surface area contributed by atoms with Gasteiger partial charge in [-0.2, -0.15) is 0 Å². The van der Waals surface area contributed by atoms with Gasteiger partial charge in [0, 0.05) is 41.6 Å². The largest absolute Gasteiger partial charge is 0.488 e. The van der Waals surface area contributed by atoms with Crippen LogP contribution in [0.5, 0.6) is 5.75 Å². The molecule has 0 aliphatic carbocycles. The van der Waals surface area contributed by atoms with Crippen molar-refractivity contribution < 1.29 is 9.53 Å². The van der Waals surface area contributed by atoms with Gasteiger partial charge in [-0.05, 0) is 18.2 Å². The summed E-state index contributed by atoms with van der Waals surface area (Å²) in [6.45, 7) is 3.30. The van der Waals surface area contributed by atoms with Crippen LogP contribution in [0.1, 0.15) is 15.2 Å². The van der Waals surface area contributed by atoms with E-state index in [1.807, 2.05) is 30.3 Å². The van der Waals surface area contributed by atoms with E-state index in [0.29, 0.717) is 12.5 Å². The molecule has 116 valence electrons.